The van der Waals surface area contributed by atoms with Gasteiger partial charge in [0.2, 0.25) is 0 Å². The highest BCUT2D eigenvalue weighted by atomic mass is 32.2. The van der Waals surface area contributed by atoms with Gasteiger partial charge in [0.05, 0.1) is 10.6 Å². The zero-order valence-electron chi connectivity index (χ0n) is 18.9. The second-order valence-electron chi connectivity index (χ2n) is 8.58. The molecule has 2 aromatic carbocycles. The number of hydrogen-bond acceptors (Lipinski definition) is 4. The normalized spacial score (nSPS) is 15.6. The Balaban J connectivity index is 1.63. The molecule has 7 heteroatoms. The number of carbonyl (C=O) groups is 1. The van der Waals surface area contributed by atoms with Crippen molar-refractivity contribution in [3.8, 4) is 0 Å². The molecule has 0 aliphatic carbocycles. The molecular weight excluding hydrogens is 410 g/mol. The second-order valence-corrected chi connectivity index (χ2v) is 10.5. The van der Waals surface area contributed by atoms with E-state index in [1.165, 1.54) is 17.1 Å². The van der Waals surface area contributed by atoms with Gasteiger partial charge in [-0.3, -0.25) is 9.10 Å². The first-order valence-electron chi connectivity index (χ1n) is 10.8. The summed E-state index contributed by atoms with van der Waals surface area (Å²) >= 11 is 0. The zero-order valence-corrected chi connectivity index (χ0v) is 19.7. The van der Waals surface area contributed by atoms with Gasteiger partial charge in [-0.1, -0.05) is 17.7 Å². The van der Waals surface area contributed by atoms with Gasteiger partial charge in [0, 0.05) is 19.2 Å². The van der Waals surface area contributed by atoms with Gasteiger partial charge < -0.3 is 10.2 Å². The summed E-state index contributed by atoms with van der Waals surface area (Å²) in [6, 6.07) is 11.9. The Morgan fingerprint density at radius 1 is 1.10 bits per heavy atom. The first kappa shape index (κ1) is 23.3. The molecule has 1 amide bonds. The molecule has 1 fully saturated rings. The van der Waals surface area contributed by atoms with E-state index in [2.05, 4.69) is 17.3 Å². The van der Waals surface area contributed by atoms with Crippen LogP contribution in [-0.2, 0) is 10.0 Å². The molecule has 1 aliphatic rings. The SMILES string of the molecule is Cc1ccc(S(=O)(=O)N(C)c2ccc(C(=O)NCCC3CCN(C)CC3)cc2C)cc1. The van der Waals surface area contributed by atoms with Gasteiger partial charge in [-0.25, -0.2) is 8.42 Å². The molecule has 168 valence electrons. The summed E-state index contributed by atoms with van der Waals surface area (Å²) in [6.45, 7) is 6.65. The van der Waals surface area contributed by atoms with E-state index >= 15 is 0 Å². The van der Waals surface area contributed by atoms with Gasteiger partial charge in [0.1, 0.15) is 0 Å². The summed E-state index contributed by atoms with van der Waals surface area (Å²) in [5, 5.41) is 3.01. The van der Waals surface area contributed by atoms with Crippen molar-refractivity contribution in [3.05, 3.63) is 59.2 Å². The molecule has 3 rings (SSSR count). The van der Waals surface area contributed by atoms with Crippen molar-refractivity contribution in [2.75, 3.05) is 38.0 Å². The number of hydrogen-bond donors (Lipinski definition) is 1. The summed E-state index contributed by atoms with van der Waals surface area (Å²) in [4.78, 5) is 15.2. The number of carbonyl (C=O) groups excluding carboxylic acids is 1. The van der Waals surface area contributed by atoms with Crippen molar-refractivity contribution in [2.24, 2.45) is 5.92 Å². The van der Waals surface area contributed by atoms with Crippen LogP contribution in [-0.4, -0.2) is 53.0 Å². The Morgan fingerprint density at radius 3 is 2.35 bits per heavy atom. The van der Waals surface area contributed by atoms with Gasteiger partial charge in [-0.15, -0.1) is 0 Å². The van der Waals surface area contributed by atoms with Crippen molar-refractivity contribution in [3.63, 3.8) is 0 Å². The number of benzene rings is 2. The smallest absolute Gasteiger partial charge is 0.264 e. The van der Waals surface area contributed by atoms with Crippen LogP contribution in [0.3, 0.4) is 0 Å². The number of piperidine rings is 1. The van der Waals surface area contributed by atoms with Crippen LogP contribution >= 0.6 is 0 Å². The molecule has 0 radical (unpaired) electrons. The van der Waals surface area contributed by atoms with E-state index in [-0.39, 0.29) is 10.8 Å². The number of rotatable bonds is 7. The minimum Gasteiger partial charge on any atom is -0.352 e. The lowest BCUT2D eigenvalue weighted by Crippen LogP contribution is -2.32. The third kappa shape index (κ3) is 5.66. The minimum atomic E-state index is -3.67. The summed E-state index contributed by atoms with van der Waals surface area (Å²) in [7, 11) is 0.0212. The van der Waals surface area contributed by atoms with Crippen molar-refractivity contribution in [1.82, 2.24) is 10.2 Å². The topological polar surface area (TPSA) is 69.7 Å². The predicted octanol–water partition coefficient (Wildman–Crippen LogP) is 3.59. The Labute approximate surface area is 186 Å². The molecule has 0 saturated carbocycles. The molecule has 1 saturated heterocycles. The van der Waals surface area contributed by atoms with Crippen LogP contribution < -0.4 is 9.62 Å². The summed E-state index contributed by atoms with van der Waals surface area (Å²) < 4.78 is 27.2. The maximum absolute atomic E-state index is 13.0. The number of nitrogens with zero attached hydrogens (tertiary/aromatic N) is 2. The number of aryl methyl sites for hydroxylation is 2. The van der Waals surface area contributed by atoms with E-state index < -0.39 is 10.0 Å². The monoisotopic (exact) mass is 443 g/mol. The Morgan fingerprint density at radius 2 is 1.74 bits per heavy atom. The molecule has 0 bridgehead atoms. The van der Waals surface area contributed by atoms with E-state index in [0.717, 1.165) is 30.6 Å². The standard InChI is InChI=1S/C24H33N3O3S/c1-18-5-8-22(9-6-18)31(29,30)27(4)23-10-7-21(17-19(23)2)24(28)25-14-11-20-12-15-26(3)16-13-20/h5-10,17,20H,11-16H2,1-4H3,(H,25,28). The van der Waals surface area contributed by atoms with Crippen LogP contribution in [0.25, 0.3) is 0 Å². The predicted molar refractivity (Wildman–Crippen MR) is 125 cm³/mol. The van der Waals surface area contributed by atoms with Gasteiger partial charge in [-0.2, -0.15) is 0 Å². The van der Waals surface area contributed by atoms with Crippen LogP contribution in [0.4, 0.5) is 5.69 Å². The number of sulfonamides is 1. The van der Waals surface area contributed by atoms with E-state index in [9.17, 15) is 13.2 Å². The molecule has 1 N–H and O–H groups in total. The minimum absolute atomic E-state index is 0.119. The average molecular weight is 444 g/mol. The van der Waals surface area contributed by atoms with Crippen LogP contribution in [0.5, 0.6) is 0 Å². The second kappa shape index (κ2) is 9.83. The molecule has 1 heterocycles. The average Bonchev–Trinajstić information content (AvgIpc) is 2.74. The van der Waals surface area contributed by atoms with Crippen LogP contribution in [0, 0.1) is 19.8 Å². The highest BCUT2D eigenvalue weighted by Gasteiger charge is 2.23. The fraction of sp³-hybridized carbons (Fsp3) is 0.458. The zero-order chi connectivity index (χ0) is 22.6. The molecule has 0 spiro atoms. The number of likely N-dealkylation sites (tertiary alicyclic amines) is 1. The fourth-order valence-electron chi connectivity index (χ4n) is 3.99. The van der Waals surface area contributed by atoms with Crippen LogP contribution in [0.1, 0.15) is 40.7 Å². The van der Waals surface area contributed by atoms with Gasteiger partial charge in [0.25, 0.3) is 15.9 Å². The van der Waals surface area contributed by atoms with E-state index in [4.69, 9.17) is 0 Å². The Hall–Kier alpha value is -2.38. The highest BCUT2D eigenvalue weighted by molar-refractivity contribution is 7.92. The third-order valence-corrected chi connectivity index (χ3v) is 7.94. The molecule has 0 unspecified atom stereocenters. The Kier molecular flexibility index (Phi) is 7.38. The summed E-state index contributed by atoms with van der Waals surface area (Å²) in [6.07, 6.45) is 3.36. The van der Waals surface area contributed by atoms with Crippen molar-refractivity contribution in [1.29, 1.82) is 0 Å². The maximum atomic E-state index is 13.0. The van der Waals surface area contributed by atoms with Gasteiger partial charge in [-0.05, 0) is 95.1 Å². The number of nitrogens with one attached hydrogen (secondary N) is 1. The van der Waals surface area contributed by atoms with E-state index in [1.807, 2.05) is 13.8 Å². The van der Waals surface area contributed by atoms with Gasteiger partial charge >= 0.3 is 0 Å². The van der Waals surface area contributed by atoms with Crippen molar-refractivity contribution >= 4 is 21.6 Å². The number of amides is 1. The molecular formula is C24H33N3O3S. The van der Waals surface area contributed by atoms with Crippen LogP contribution in [0.2, 0.25) is 0 Å². The molecule has 0 atom stereocenters. The Bertz CT molecular complexity index is 1010. The quantitative estimate of drug-likeness (QED) is 0.710. The molecule has 2 aromatic rings. The fourth-order valence-corrected chi connectivity index (χ4v) is 5.25. The van der Waals surface area contributed by atoms with Crippen molar-refractivity contribution < 1.29 is 13.2 Å². The highest BCUT2D eigenvalue weighted by Crippen LogP contribution is 2.26. The first-order valence-corrected chi connectivity index (χ1v) is 12.3. The molecule has 0 aromatic heterocycles. The molecule has 1 aliphatic heterocycles. The van der Waals surface area contributed by atoms with E-state index in [0.29, 0.717) is 23.7 Å². The van der Waals surface area contributed by atoms with E-state index in [1.54, 1.807) is 49.5 Å². The van der Waals surface area contributed by atoms with Crippen LogP contribution in [0.15, 0.2) is 47.4 Å². The third-order valence-electron chi connectivity index (χ3n) is 6.15. The molecule has 31 heavy (non-hydrogen) atoms. The summed E-state index contributed by atoms with van der Waals surface area (Å²) in [5.74, 6) is 0.549. The lowest BCUT2D eigenvalue weighted by atomic mass is 9.94. The summed E-state index contributed by atoms with van der Waals surface area (Å²) in [5.41, 5.74) is 2.85. The lowest BCUT2D eigenvalue weighted by molar-refractivity contribution is 0.0949. The largest absolute Gasteiger partial charge is 0.352 e. The van der Waals surface area contributed by atoms with Crippen molar-refractivity contribution in [2.45, 2.75) is 38.0 Å². The molecule has 6 nitrogen and oxygen atoms in total. The number of anilines is 1. The van der Waals surface area contributed by atoms with Gasteiger partial charge in [0.15, 0.2) is 0 Å². The maximum Gasteiger partial charge on any atom is 0.264 e. The first-order chi connectivity index (χ1) is 14.7. The lowest BCUT2D eigenvalue weighted by Gasteiger charge is -2.28.